The van der Waals surface area contributed by atoms with E-state index >= 15 is 0 Å². The zero-order chi connectivity index (χ0) is 14.7. The minimum atomic E-state index is 0.580. The Labute approximate surface area is 131 Å². The maximum absolute atomic E-state index is 6.23. The van der Waals surface area contributed by atoms with E-state index in [1.807, 2.05) is 6.07 Å². The third-order valence-electron chi connectivity index (χ3n) is 4.29. The van der Waals surface area contributed by atoms with Crippen LogP contribution in [0.15, 0.2) is 42.5 Å². The maximum Gasteiger partial charge on any atom is 0.0412 e. The zero-order valence-electron chi connectivity index (χ0n) is 12.1. The Hall–Kier alpha value is -1.35. The van der Waals surface area contributed by atoms with Gasteiger partial charge in [-0.1, -0.05) is 41.9 Å². The number of nitrogens with two attached hydrogens (primary N) is 1. The summed E-state index contributed by atoms with van der Waals surface area (Å²) in [6.45, 7) is 2.77. The molecular weight excluding hydrogens is 280 g/mol. The Bertz CT molecular complexity index is 601. The van der Waals surface area contributed by atoms with Gasteiger partial charge in [0.05, 0.1) is 0 Å². The zero-order valence-corrected chi connectivity index (χ0v) is 12.9. The number of hydrogen-bond donors (Lipinski definition) is 2. The van der Waals surface area contributed by atoms with Crippen LogP contribution in [0.4, 0.5) is 0 Å². The summed E-state index contributed by atoms with van der Waals surface area (Å²) in [6.07, 6.45) is 2.38. The summed E-state index contributed by atoms with van der Waals surface area (Å²) in [5.41, 5.74) is 10.7. The van der Waals surface area contributed by atoms with Gasteiger partial charge in [-0.15, -0.1) is 0 Å². The van der Waals surface area contributed by atoms with E-state index in [1.54, 1.807) is 0 Å². The minimum Gasteiger partial charge on any atom is -0.326 e. The van der Waals surface area contributed by atoms with Crippen molar-refractivity contribution >= 4 is 11.6 Å². The molecule has 110 valence electrons. The van der Waals surface area contributed by atoms with Crippen molar-refractivity contribution in [2.75, 3.05) is 13.1 Å². The number of halogens is 1. The van der Waals surface area contributed by atoms with E-state index < -0.39 is 0 Å². The van der Waals surface area contributed by atoms with Gasteiger partial charge in [0.2, 0.25) is 0 Å². The molecule has 1 saturated heterocycles. The number of benzene rings is 2. The lowest BCUT2D eigenvalue weighted by molar-refractivity contribution is 0.461. The second kappa shape index (κ2) is 6.61. The largest absolute Gasteiger partial charge is 0.326 e. The van der Waals surface area contributed by atoms with Gasteiger partial charge in [0.25, 0.3) is 0 Å². The Balaban J connectivity index is 2.00. The van der Waals surface area contributed by atoms with E-state index in [2.05, 4.69) is 41.7 Å². The van der Waals surface area contributed by atoms with Crippen molar-refractivity contribution in [1.82, 2.24) is 5.32 Å². The van der Waals surface area contributed by atoms with Gasteiger partial charge in [-0.2, -0.15) is 0 Å². The molecule has 3 rings (SSSR count). The van der Waals surface area contributed by atoms with Crippen molar-refractivity contribution in [2.24, 2.45) is 5.73 Å². The molecule has 0 aliphatic carbocycles. The Morgan fingerprint density at radius 3 is 2.43 bits per heavy atom. The van der Waals surface area contributed by atoms with Gasteiger partial charge >= 0.3 is 0 Å². The van der Waals surface area contributed by atoms with Gasteiger partial charge in [0, 0.05) is 11.6 Å². The highest BCUT2D eigenvalue weighted by Gasteiger charge is 2.19. The second-order valence-electron chi connectivity index (χ2n) is 5.66. The molecule has 1 aliphatic heterocycles. The molecule has 2 aromatic carbocycles. The molecular formula is C18H21ClN2. The average Bonchev–Trinajstić information content (AvgIpc) is 2.56. The summed E-state index contributed by atoms with van der Waals surface area (Å²) in [6, 6.07) is 14.8. The van der Waals surface area contributed by atoms with Crippen LogP contribution in [-0.2, 0) is 6.54 Å². The van der Waals surface area contributed by atoms with Crippen molar-refractivity contribution in [1.29, 1.82) is 0 Å². The summed E-state index contributed by atoms with van der Waals surface area (Å²) < 4.78 is 0. The molecule has 3 N–H and O–H groups in total. The molecule has 2 aromatic rings. The van der Waals surface area contributed by atoms with E-state index in [0.29, 0.717) is 12.5 Å². The van der Waals surface area contributed by atoms with Crippen LogP contribution < -0.4 is 11.1 Å². The van der Waals surface area contributed by atoms with Crippen molar-refractivity contribution in [3.05, 3.63) is 58.6 Å². The highest BCUT2D eigenvalue weighted by molar-refractivity contribution is 6.30. The van der Waals surface area contributed by atoms with E-state index in [4.69, 9.17) is 17.3 Å². The summed E-state index contributed by atoms with van der Waals surface area (Å²) in [5.74, 6) is 0.618. The molecule has 21 heavy (non-hydrogen) atoms. The molecule has 0 saturated carbocycles. The normalized spacial score (nSPS) is 16.1. The van der Waals surface area contributed by atoms with Crippen LogP contribution in [0.1, 0.15) is 29.9 Å². The van der Waals surface area contributed by atoms with Crippen LogP contribution in [0.25, 0.3) is 11.1 Å². The molecule has 1 aliphatic rings. The first-order valence-electron chi connectivity index (χ1n) is 7.57. The summed E-state index contributed by atoms with van der Waals surface area (Å²) in [7, 11) is 0. The molecule has 1 fully saturated rings. The SMILES string of the molecule is NCc1ccc(-c2cc(Cl)ccc2C2CCNCC2)cc1. The number of nitrogens with one attached hydrogen (secondary N) is 1. The Kier molecular flexibility index (Phi) is 4.59. The fourth-order valence-electron chi connectivity index (χ4n) is 3.09. The lowest BCUT2D eigenvalue weighted by atomic mass is 9.85. The highest BCUT2D eigenvalue weighted by atomic mass is 35.5. The molecule has 0 spiro atoms. The highest BCUT2D eigenvalue weighted by Crippen LogP contribution is 2.35. The molecule has 0 atom stereocenters. The molecule has 0 bridgehead atoms. The molecule has 0 aromatic heterocycles. The van der Waals surface area contributed by atoms with Crippen LogP contribution in [-0.4, -0.2) is 13.1 Å². The molecule has 0 radical (unpaired) electrons. The first kappa shape index (κ1) is 14.6. The molecule has 1 heterocycles. The quantitative estimate of drug-likeness (QED) is 0.901. The van der Waals surface area contributed by atoms with Crippen LogP contribution in [0.2, 0.25) is 5.02 Å². The first-order chi connectivity index (χ1) is 10.3. The molecule has 2 nitrogen and oxygen atoms in total. The van der Waals surface area contributed by atoms with Gasteiger partial charge in [-0.25, -0.2) is 0 Å². The fraction of sp³-hybridized carbons (Fsp3) is 0.333. The van der Waals surface area contributed by atoms with Crippen LogP contribution >= 0.6 is 11.6 Å². The van der Waals surface area contributed by atoms with Gasteiger partial charge in [0.15, 0.2) is 0 Å². The van der Waals surface area contributed by atoms with Crippen LogP contribution in [0, 0.1) is 0 Å². The number of hydrogen-bond acceptors (Lipinski definition) is 2. The van der Waals surface area contributed by atoms with Crippen molar-refractivity contribution in [3.8, 4) is 11.1 Å². The van der Waals surface area contributed by atoms with E-state index in [1.165, 1.54) is 29.5 Å². The first-order valence-corrected chi connectivity index (χ1v) is 7.95. The lowest BCUT2D eigenvalue weighted by Crippen LogP contribution is -2.26. The van der Waals surface area contributed by atoms with E-state index in [-0.39, 0.29) is 0 Å². The summed E-state index contributed by atoms with van der Waals surface area (Å²) in [4.78, 5) is 0. The maximum atomic E-state index is 6.23. The third kappa shape index (κ3) is 3.29. The number of piperidine rings is 1. The smallest absolute Gasteiger partial charge is 0.0412 e. The van der Waals surface area contributed by atoms with Gasteiger partial charge in [-0.3, -0.25) is 0 Å². The van der Waals surface area contributed by atoms with Crippen molar-refractivity contribution in [2.45, 2.75) is 25.3 Å². The predicted molar refractivity (Wildman–Crippen MR) is 89.6 cm³/mol. The number of rotatable bonds is 3. The average molecular weight is 301 g/mol. The molecule has 3 heteroatoms. The van der Waals surface area contributed by atoms with Gasteiger partial charge < -0.3 is 11.1 Å². The topological polar surface area (TPSA) is 38.0 Å². The minimum absolute atomic E-state index is 0.580. The Morgan fingerprint density at radius 2 is 1.76 bits per heavy atom. The lowest BCUT2D eigenvalue weighted by Gasteiger charge is -2.25. The van der Waals surface area contributed by atoms with Crippen molar-refractivity contribution in [3.63, 3.8) is 0 Å². The summed E-state index contributed by atoms with van der Waals surface area (Å²) >= 11 is 6.23. The third-order valence-corrected chi connectivity index (χ3v) is 4.53. The van der Waals surface area contributed by atoms with E-state index in [0.717, 1.165) is 23.7 Å². The fourth-order valence-corrected chi connectivity index (χ4v) is 3.26. The monoisotopic (exact) mass is 300 g/mol. The standard InChI is InChI=1S/C18H21ClN2/c19-16-5-6-17(15-7-9-21-10-8-15)18(11-16)14-3-1-13(12-20)2-4-14/h1-6,11,15,21H,7-10,12,20H2. The van der Waals surface area contributed by atoms with Gasteiger partial charge in [0.1, 0.15) is 0 Å². The molecule has 0 unspecified atom stereocenters. The van der Waals surface area contributed by atoms with Crippen LogP contribution in [0.3, 0.4) is 0 Å². The second-order valence-corrected chi connectivity index (χ2v) is 6.09. The van der Waals surface area contributed by atoms with Crippen LogP contribution in [0.5, 0.6) is 0 Å². The van der Waals surface area contributed by atoms with Crippen molar-refractivity contribution < 1.29 is 0 Å². The Morgan fingerprint density at radius 1 is 1.05 bits per heavy atom. The predicted octanol–water partition coefficient (Wildman–Crippen LogP) is 3.93. The van der Waals surface area contributed by atoms with Gasteiger partial charge in [-0.05, 0) is 66.2 Å². The summed E-state index contributed by atoms with van der Waals surface area (Å²) in [5, 5.41) is 4.23. The molecule has 0 amide bonds. The van der Waals surface area contributed by atoms with E-state index in [9.17, 15) is 0 Å².